The summed E-state index contributed by atoms with van der Waals surface area (Å²) in [6.45, 7) is 4.06. The molecule has 0 aromatic heterocycles. The molecule has 23 heavy (non-hydrogen) atoms. The van der Waals surface area contributed by atoms with Crippen LogP contribution in [0.1, 0.15) is 38.2 Å². The molecule has 0 saturated carbocycles. The largest absolute Gasteiger partial charge is 0.494 e. The van der Waals surface area contributed by atoms with E-state index in [0.29, 0.717) is 19.5 Å². The van der Waals surface area contributed by atoms with Crippen LogP contribution in [0.25, 0.3) is 0 Å². The van der Waals surface area contributed by atoms with Crippen LogP contribution in [0.4, 0.5) is 0 Å². The first-order valence-corrected chi connectivity index (χ1v) is 8.43. The van der Waals surface area contributed by atoms with E-state index in [1.54, 1.807) is 0 Å². The zero-order valence-electron chi connectivity index (χ0n) is 13.7. The maximum Gasteiger partial charge on any atom is 0.139 e. The standard InChI is InChI=1S/C18H27NO4/c1-2-3-4-11-23-15-7-5-14(6-8-15)12-19-10-9-17(21)18(22)16(19)13-20/h5-8,13,16-18,21-22H,2-4,9-12H2,1H3/t16-,17-,18-/m1/s1. The van der Waals surface area contributed by atoms with E-state index in [0.717, 1.165) is 30.6 Å². The Morgan fingerprint density at radius 2 is 2.00 bits per heavy atom. The summed E-state index contributed by atoms with van der Waals surface area (Å²) in [4.78, 5) is 13.1. The van der Waals surface area contributed by atoms with Gasteiger partial charge in [0.2, 0.25) is 0 Å². The van der Waals surface area contributed by atoms with E-state index in [2.05, 4.69) is 6.92 Å². The van der Waals surface area contributed by atoms with Gasteiger partial charge < -0.3 is 19.7 Å². The zero-order valence-corrected chi connectivity index (χ0v) is 13.7. The van der Waals surface area contributed by atoms with Crippen LogP contribution in [0.5, 0.6) is 5.75 Å². The van der Waals surface area contributed by atoms with E-state index in [9.17, 15) is 15.0 Å². The Balaban J connectivity index is 1.88. The van der Waals surface area contributed by atoms with Gasteiger partial charge in [-0.15, -0.1) is 0 Å². The Bertz CT molecular complexity index is 476. The van der Waals surface area contributed by atoms with Crippen molar-refractivity contribution in [3.05, 3.63) is 29.8 Å². The Labute approximate surface area is 137 Å². The lowest BCUT2D eigenvalue weighted by atomic mass is 9.96. The fourth-order valence-corrected chi connectivity index (χ4v) is 2.88. The number of unbranched alkanes of at least 4 members (excludes halogenated alkanes) is 2. The molecular weight excluding hydrogens is 294 g/mol. The van der Waals surface area contributed by atoms with Gasteiger partial charge in [0.25, 0.3) is 0 Å². The Morgan fingerprint density at radius 3 is 2.65 bits per heavy atom. The Hall–Kier alpha value is -1.43. The lowest BCUT2D eigenvalue weighted by Gasteiger charge is -2.38. The molecule has 3 atom stereocenters. The first kappa shape index (κ1) is 17.9. The van der Waals surface area contributed by atoms with E-state index in [4.69, 9.17) is 4.74 Å². The van der Waals surface area contributed by atoms with Crippen LogP contribution >= 0.6 is 0 Å². The highest BCUT2D eigenvalue weighted by molar-refractivity contribution is 5.59. The molecule has 2 N–H and O–H groups in total. The molecule has 1 aliphatic heterocycles. The summed E-state index contributed by atoms with van der Waals surface area (Å²) in [6, 6.07) is 7.19. The minimum Gasteiger partial charge on any atom is -0.494 e. The monoisotopic (exact) mass is 321 g/mol. The summed E-state index contributed by atoms with van der Waals surface area (Å²) < 4.78 is 5.68. The van der Waals surface area contributed by atoms with Gasteiger partial charge in [-0.05, 0) is 30.5 Å². The molecule has 128 valence electrons. The molecule has 0 radical (unpaired) electrons. The van der Waals surface area contributed by atoms with Crippen LogP contribution in [0.3, 0.4) is 0 Å². The van der Waals surface area contributed by atoms with Gasteiger partial charge in [-0.1, -0.05) is 31.9 Å². The molecule has 5 heteroatoms. The summed E-state index contributed by atoms with van der Waals surface area (Å²) >= 11 is 0. The molecule has 2 rings (SSSR count). The number of likely N-dealkylation sites (tertiary alicyclic amines) is 1. The van der Waals surface area contributed by atoms with Gasteiger partial charge in [0.1, 0.15) is 18.1 Å². The highest BCUT2D eigenvalue weighted by atomic mass is 16.5. The molecule has 1 saturated heterocycles. The maximum atomic E-state index is 11.2. The van der Waals surface area contributed by atoms with Crippen molar-refractivity contribution in [2.45, 2.75) is 57.4 Å². The molecule has 1 heterocycles. The van der Waals surface area contributed by atoms with Crippen molar-refractivity contribution < 1.29 is 19.7 Å². The summed E-state index contributed by atoms with van der Waals surface area (Å²) in [7, 11) is 0. The van der Waals surface area contributed by atoms with Crippen molar-refractivity contribution in [2.24, 2.45) is 0 Å². The van der Waals surface area contributed by atoms with Crippen LogP contribution in [-0.4, -0.2) is 52.8 Å². The lowest BCUT2D eigenvalue weighted by Crippen LogP contribution is -2.55. The second kappa shape index (κ2) is 9.01. The molecule has 1 aromatic carbocycles. The first-order chi connectivity index (χ1) is 11.2. The average Bonchev–Trinajstić information content (AvgIpc) is 2.57. The number of hydrogen-bond donors (Lipinski definition) is 2. The van der Waals surface area contributed by atoms with Gasteiger partial charge in [-0.25, -0.2) is 0 Å². The van der Waals surface area contributed by atoms with Gasteiger partial charge in [0.05, 0.1) is 18.8 Å². The van der Waals surface area contributed by atoms with Gasteiger partial charge in [-0.2, -0.15) is 0 Å². The molecule has 1 aromatic rings. The van der Waals surface area contributed by atoms with Gasteiger partial charge in [0, 0.05) is 13.1 Å². The SMILES string of the molecule is CCCCCOc1ccc(CN2CC[C@@H](O)[C@H](O)[C@H]2C=O)cc1. The van der Waals surface area contributed by atoms with Crippen molar-refractivity contribution in [3.8, 4) is 5.75 Å². The Morgan fingerprint density at radius 1 is 1.26 bits per heavy atom. The maximum absolute atomic E-state index is 11.2. The van der Waals surface area contributed by atoms with E-state index in [-0.39, 0.29) is 0 Å². The molecule has 5 nitrogen and oxygen atoms in total. The first-order valence-electron chi connectivity index (χ1n) is 8.43. The van der Waals surface area contributed by atoms with Crippen LogP contribution < -0.4 is 4.74 Å². The third-order valence-electron chi connectivity index (χ3n) is 4.34. The second-order valence-electron chi connectivity index (χ2n) is 6.14. The van der Waals surface area contributed by atoms with Crippen LogP contribution in [0.2, 0.25) is 0 Å². The summed E-state index contributed by atoms with van der Waals surface area (Å²) in [5.41, 5.74) is 1.06. The van der Waals surface area contributed by atoms with Gasteiger partial charge in [0.15, 0.2) is 0 Å². The third kappa shape index (κ3) is 5.03. The van der Waals surface area contributed by atoms with Gasteiger partial charge in [-0.3, -0.25) is 4.90 Å². The third-order valence-corrected chi connectivity index (χ3v) is 4.34. The number of aldehydes is 1. The number of nitrogens with zero attached hydrogens (tertiary/aromatic N) is 1. The van der Waals surface area contributed by atoms with E-state index in [1.807, 2.05) is 29.2 Å². The molecule has 0 spiro atoms. The number of aliphatic hydroxyl groups excluding tert-OH is 2. The van der Waals surface area contributed by atoms with Crippen LogP contribution in [0.15, 0.2) is 24.3 Å². The molecule has 0 unspecified atom stereocenters. The molecule has 0 aliphatic carbocycles. The normalized spacial score (nSPS) is 25.3. The lowest BCUT2D eigenvalue weighted by molar-refractivity contribution is -0.127. The summed E-state index contributed by atoms with van der Waals surface area (Å²) in [5, 5.41) is 19.6. The highest BCUT2D eigenvalue weighted by Crippen LogP contribution is 2.21. The van der Waals surface area contributed by atoms with Crippen LogP contribution in [-0.2, 0) is 11.3 Å². The number of carbonyl (C=O) groups excluding carboxylic acids is 1. The van der Waals surface area contributed by atoms with Crippen molar-refractivity contribution in [2.75, 3.05) is 13.2 Å². The predicted octanol–water partition coefficient (Wildman–Crippen LogP) is 1.75. The number of piperidine rings is 1. The van der Waals surface area contributed by atoms with Gasteiger partial charge >= 0.3 is 0 Å². The zero-order chi connectivity index (χ0) is 16.7. The Kier molecular flexibility index (Phi) is 7.02. The minimum absolute atomic E-state index is 0.476. The number of hydrogen-bond acceptors (Lipinski definition) is 5. The average molecular weight is 321 g/mol. The molecule has 1 aliphatic rings. The quantitative estimate of drug-likeness (QED) is 0.564. The fraction of sp³-hybridized carbons (Fsp3) is 0.611. The number of rotatable bonds is 8. The van der Waals surface area contributed by atoms with Crippen molar-refractivity contribution >= 4 is 6.29 Å². The number of carbonyl (C=O) groups is 1. The number of ether oxygens (including phenoxy) is 1. The van der Waals surface area contributed by atoms with Crippen molar-refractivity contribution in [1.29, 1.82) is 0 Å². The summed E-state index contributed by atoms with van der Waals surface area (Å²) in [6.07, 6.45) is 2.78. The van der Waals surface area contributed by atoms with Crippen molar-refractivity contribution in [3.63, 3.8) is 0 Å². The molecular formula is C18H27NO4. The molecule has 1 fully saturated rings. The predicted molar refractivity (Wildman–Crippen MR) is 88.4 cm³/mol. The van der Waals surface area contributed by atoms with Crippen LogP contribution in [0, 0.1) is 0 Å². The topological polar surface area (TPSA) is 70.0 Å². The molecule has 0 amide bonds. The fourth-order valence-electron chi connectivity index (χ4n) is 2.88. The second-order valence-corrected chi connectivity index (χ2v) is 6.14. The minimum atomic E-state index is -1.01. The van der Waals surface area contributed by atoms with E-state index < -0.39 is 18.2 Å². The number of aliphatic hydroxyl groups is 2. The smallest absolute Gasteiger partial charge is 0.139 e. The van der Waals surface area contributed by atoms with E-state index in [1.165, 1.54) is 12.8 Å². The highest BCUT2D eigenvalue weighted by Gasteiger charge is 2.35. The van der Waals surface area contributed by atoms with E-state index >= 15 is 0 Å². The number of benzene rings is 1. The van der Waals surface area contributed by atoms with Crippen molar-refractivity contribution in [1.82, 2.24) is 4.90 Å². The molecule has 0 bridgehead atoms. The summed E-state index contributed by atoms with van der Waals surface area (Å²) in [5.74, 6) is 0.853.